The molecule has 1 fully saturated rings. The maximum absolute atomic E-state index is 5.73. The molecule has 90 valence electrons. The molecule has 1 aliphatic rings. The van der Waals surface area contributed by atoms with Crippen LogP contribution in [0.4, 0.5) is 0 Å². The van der Waals surface area contributed by atoms with Crippen LogP contribution in [0.3, 0.4) is 0 Å². The number of ether oxygens (including phenoxy) is 1. The van der Waals surface area contributed by atoms with E-state index in [2.05, 4.69) is 22.4 Å². The number of hydrogen-bond donors (Lipinski definition) is 1. The van der Waals surface area contributed by atoms with E-state index in [4.69, 9.17) is 9.15 Å². The van der Waals surface area contributed by atoms with Gasteiger partial charge in [-0.3, -0.25) is 0 Å². The van der Waals surface area contributed by atoms with Gasteiger partial charge in [0.2, 0.25) is 11.8 Å². The smallest absolute Gasteiger partial charge is 0.233 e. The maximum Gasteiger partial charge on any atom is 0.233 e. The average molecular weight is 225 g/mol. The van der Waals surface area contributed by atoms with Crippen molar-refractivity contribution in [1.29, 1.82) is 0 Å². The van der Waals surface area contributed by atoms with Gasteiger partial charge >= 0.3 is 0 Å². The molecule has 0 spiro atoms. The number of hydrogen-bond acceptors (Lipinski definition) is 5. The lowest BCUT2D eigenvalue weighted by atomic mass is 10.0. The molecule has 1 aromatic rings. The second kappa shape index (κ2) is 5.41. The fourth-order valence-electron chi connectivity index (χ4n) is 2.00. The molecule has 1 saturated heterocycles. The van der Waals surface area contributed by atoms with Crippen LogP contribution < -0.4 is 5.32 Å². The van der Waals surface area contributed by atoms with Gasteiger partial charge in [-0.25, -0.2) is 0 Å². The molecule has 1 aromatic heterocycles. The SMILES string of the molecule is CCC(NC)c1nnc(C2CCOCC2)o1. The van der Waals surface area contributed by atoms with Crippen LogP contribution in [0.15, 0.2) is 4.42 Å². The topological polar surface area (TPSA) is 60.2 Å². The monoisotopic (exact) mass is 225 g/mol. The van der Waals surface area contributed by atoms with Crippen molar-refractivity contribution >= 4 is 0 Å². The Labute approximate surface area is 95.6 Å². The first-order chi connectivity index (χ1) is 7.85. The third-order valence-electron chi connectivity index (χ3n) is 3.08. The summed E-state index contributed by atoms with van der Waals surface area (Å²) in [4.78, 5) is 0. The first-order valence-electron chi connectivity index (χ1n) is 5.93. The van der Waals surface area contributed by atoms with Crippen molar-refractivity contribution in [3.8, 4) is 0 Å². The summed E-state index contributed by atoms with van der Waals surface area (Å²) in [6.45, 7) is 3.69. The molecule has 5 nitrogen and oxygen atoms in total. The lowest BCUT2D eigenvalue weighted by Gasteiger charge is -2.18. The lowest BCUT2D eigenvalue weighted by molar-refractivity contribution is 0.0789. The predicted octanol–water partition coefficient (Wildman–Crippen LogP) is 1.63. The van der Waals surface area contributed by atoms with E-state index in [0.29, 0.717) is 11.8 Å². The normalized spacial score (nSPS) is 19.9. The molecule has 1 atom stereocenters. The minimum atomic E-state index is 0.168. The number of nitrogens with zero attached hydrogens (tertiary/aromatic N) is 2. The number of nitrogens with one attached hydrogen (secondary N) is 1. The van der Waals surface area contributed by atoms with E-state index in [1.54, 1.807) is 0 Å². The third-order valence-corrected chi connectivity index (χ3v) is 3.08. The second-order valence-electron chi connectivity index (χ2n) is 4.11. The van der Waals surface area contributed by atoms with Crippen LogP contribution in [0.25, 0.3) is 0 Å². The summed E-state index contributed by atoms with van der Waals surface area (Å²) in [5.74, 6) is 1.85. The summed E-state index contributed by atoms with van der Waals surface area (Å²) < 4.78 is 11.0. The fraction of sp³-hybridized carbons (Fsp3) is 0.818. The summed E-state index contributed by atoms with van der Waals surface area (Å²) in [5, 5.41) is 11.4. The van der Waals surface area contributed by atoms with Gasteiger partial charge in [0.1, 0.15) is 0 Å². The lowest BCUT2D eigenvalue weighted by Crippen LogP contribution is -2.15. The molecule has 2 rings (SSSR count). The highest BCUT2D eigenvalue weighted by molar-refractivity contribution is 4.95. The Hall–Kier alpha value is -0.940. The summed E-state index contributed by atoms with van der Waals surface area (Å²) in [6, 6.07) is 0.168. The first-order valence-corrected chi connectivity index (χ1v) is 5.93. The first kappa shape index (κ1) is 11.5. The third kappa shape index (κ3) is 2.41. The molecule has 16 heavy (non-hydrogen) atoms. The van der Waals surface area contributed by atoms with Crippen molar-refractivity contribution in [3.05, 3.63) is 11.8 Å². The molecule has 5 heteroatoms. The van der Waals surface area contributed by atoms with Crippen LogP contribution in [0.2, 0.25) is 0 Å². The van der Waals surface area contributed by atoms with Crippen LogP contribution in [-0.2, 0) is 4.74 Å². The highest BCUT2D eigenvalue weighted by Crippen LogP contribution is 2.27. The molecule has 0 radical (unpaired) electrons. The van der Waals surface area contributed by atoms with Gasteiger partial charge in [-0.05, 0) is 26.3 Å². The zero-order chi connectivity index (χ0) is 11.4. The minimum absolute atomic E-state index is 0.168. The summed E-state index contributed by atoms with van der Waals surface area (Å²) >= 11 is 0. The molecular weight excluding hydrogens is 206 g/mol. The van der Waals surface area contributed by atoms with Crippen molar-refractivity contribution in [2.24, 2.45) is 0 Å². The van der Waals surface area contributed by atoms with Gasteiger partial charge < -0.3 is 14.5 Å². The van der Waals surface area contributed by atoms with E-state index in [9.17, 15) is 0 Å². The molecule has 1 N–H and O–H groups in total. The Bertz CT molecular complexity index is 317. The van der Waals surface area contributed by atoms with E-state index in [0.717, 1.165) is 38.4 Å². The van der Waals surface area contributed by atoms with Crippen LogP contribution in [0.1, 0.15) is 49.9 Å². The molecule has 0 aliphatic carbocycles. The van der Waals surface area contributed by atoms with E-state index < -0.39 is 0 Å². The second-order valence-corrected chi connectivity index (χ2v) is 4.11. The summed E-state index contributed by atoms with van der Waals surface area (Å²) in [6.07, 6.45) is 2.92. The van der Waals surface area contributed by atoms with Crippen molar-refractivity contribution in [1.82, 2.24) is 15.5 Å². The van der Waals surface area contributed by atoms with Crippen molar-refractivity contribution in [3.63, 3.8) is 0 Å². The van der Waals surface area contributed by atoms with E-state index >= 15 is 0 Å². The maximum atomic E-state index is 5.73. The van der Waals surface area contributed by atoms with Crippen LogP contribution >= 0.6 is 0 Å². The Kier molecular flexibility index (Phi) is 3.90. The van der Waals surface area contributed by atoms with Gasteiger partial charge in [-0.15, -0.1) is 10.2 Å². The molecule has 0 aromatic carbocycles. The molecule has 2 heterocycles. The van der Waals surface area contributed by atoms with Gasteiger partial charge in [0.05, 0.1) is 6.04 Å². The largest absolute Gasteiger partial charge is 0.423 e. The fourth-order valence-corrected chi connectivity index (χ4v) is 2.00. The number of aromatic nitrogens is 2. The van der Waals surface area contributed by atoms with Crippen LogP contribution in [-0.4, -0.2) is 30.5 Å². The highest BCUT2D eigenvalue weighted by atomic mass is 16.5. The van der Waals surface area contributed by atoms with E-state index in [-0.39, 0.29) is 6.04 Å². The summed E-state index contributed by atoms with van der Waals surface area (Å²) in [7, 11) is 1.91. The van der Waals surface area contributed by atoms with Crippen molar-refractivity contribution in [2.75, 3.05) is 20.3 Å². The molecule has 1 unspecified atom stereocenters. The zero-order valence-corrected chi connectivity index (χ0v) is 9.90. The van der Waals surface area contributed by atoms with Crippen molar-refractivity contribution in [2.45, 2.75) is 38.1 Å². The Balaban J connectivity index is 2.05. The molecular formula is C11H19N3O2. The van der Waals surface area contributed by atoms with Gasteiger partial charge in [0.15, 0.2) is 0 Å². The Morgan fingerprint density at radius 3 is 2.75 bits per heavy atom. The Morgan fingerprint density at radius 2 is 2.12 bits per heavy atom. The van der Waals surface area contributed by atoms with Gasteiger partial charge in [-0.2, -0.15) is 0 Å². The minimum Gasteiger partial charge on any atom is -0.423 e. The highest BCUT2D eigenvalue weighted by Gasteiger charge is 2.23. The van der Waals surface area contributed by atoms with Gasteiger partial charge in [-0.1, -0.05) is 6.92 Å². The van der Waals surface area contributed by atoms with E-state index in [1.165, 1.54) is 0 Å². The van der Waals surface area contributed by atoms with Crippen LogP contribution in [0, 0.1) is 0 Å². The molecule has 0 saturated carbocycles. The predicted molar refractivity (Wildman–Crippen MR) is 59.2 cm³/mol. The van der Waals surface area contributed by atoms with Crippen LogP contribution in [0.5, 0.6) is 0 Å². The van der Waals surface area contributed by atoms with E-state index in [1.807, 2.05) is 7.05 Å². The summed E-state index contributed by atoms with van der Waals surface area (Å²) in [5.41, 5.74) is 0. The molecule has 1 aliphatic heterocycles. The number of rotatable bonds is 4. The molecule has 0 amide bonds. The standard InChI is InChI=1S/C11H19N3O2/c1-3-9(12-2)11-14-13-10(16-11)8-4-6-15-7-5-8/h8-9,12H,3-7H2,1-2H3. The van der Waals surface area contributed by atoms with Gasteiger partial charge in [0.25, 0.3) is 0 Å². The van der Waals surface area contributed by atoms with Gasteiger partial charge in [0, 0.05) is 19.1 Å². The quantitative estimate of drug-likeness (QED) is 0.844. The Morgan fingerprint density at radius 1 is 1.38 bits per heavy atom. The molecule has 0 bridgehead atoms. The van der Waals surface area contributed by atoms with Crippen molar-refractivity contribution < 1.29 is 9.15 Å². The average Bonchev–Trinajstić information content (AvgIpc) is 2.81. The zero-order valence-electron chi connectivity index (χ0n) is 9.90.